The van der Waals surface area contributed by atoms with Crippen molar-refractivity contribution in [2.75, 3.05) is 18.5 Å². The third-order valence-electron chi connectivity index (χ3n) is 5.90. The predicted octanol–water partition coefficient (Wildman–Crippen LogP) is 2.29. The van der Waals surface area contributed by atoms with E-state index in [2.05, 4.69) is 10.6 Å². The molecule has 1 saturated carbocycles. The van der Waals surface area contributed by atoms with Crippen molar-refractivity contribution in [1.82, 2.24) is 10.2 Å². The van der Waals surface area contributed by atoms with Crippen LogP contribution in [0.4, 0.5) is 10.5 Å². The molecule has 1 spiro atoms. The summed E-state index contributed by atoms with van der Waals surface area (Å²) in [6, 6.07) is 5.04. The normalized spacial score (nSPS) is 23.8. The molecule has 29 heavy (non-hydrogen) atoms. The van der Waals surface area contributed by atoms with Crippen LogP contribution in [0.2, 0.25) is 0 Å². The maximum Gasteiger partial charge on any atom is 0.326 e. The van der Waals surface area contributed by atoms with Crippen molar-refractivity contribution >= 4 is 29.5 Å². The van der Waals surface area contributed by atoms with Gasteiger partial charge in [-0.3, -0.25) is 19.3 Å². The van der Waals surface area contributed by atoms with Gasteiger partial charge in [-0.15, -0.1) is 0 Å². The van der Waals surface area contributed by atoms with Crippen LogP contribution in [-0.4, -0.2) is 47.4 Å². The van der Waals surface area contributed by atoms with Gasteiger partial charge in [0.25, 0.3) is 11.8 Å². The minimum absolute atomic E-state index is 0.0110. The zero-order chi connectivity index (χ0) is 21.2. The Hall–Kier alpha value is -2.90. The molecule has 0 unspecified atom stereocenters. The van der Waals surface area contributed by atoms with E-state index in [4.69, 9.17) is 4.74 Å². The smallest absolute Gasteiger partial charge is 0.326 e. The van der Waals surface area contributed by atoms with Crippen LogP contribution in [0.25, 0.3) is 0 Å². The Labute approximate surface area is 170 Å². The number of hydrogen-bond acceptors (Lipinski definition) is 5. The summed E-state index contributed by atoms with van der Waals surface area (Å²) in [6.45, 7) is 4.69. The minimum Gasteiger partial charge on any atom is -0.454 e. The van der Waals surface area contributed by atoms with Gasteiger partial charge in [-0.05, 0) is 43.7 Å². The molecule has 0 bridgehead atoms. The molecule has 1 aliphatic carbocycles. The Morgan fingerprint density at radius 1 is 1.24 bits per heavy atom. The molecule has 1 aliphatic heterocycles. The van der Waals surface area contributed by atoms with E-state index in [1.165, 1.54) is 0 Å². The number of para-hydroxylation sites is 1. The van der Waals surface area contributed by atoms with Crippen LogP contribution in [0.15, 0.2) is 18.2 Å². The van der Waals surface area contributed by atoms with Gasteiger partial charge in [0.05, 0.1) is 0 Å². The molecule has 8 nitrogen and oxygen atoms in total. The van der Waals surface area contributed by atoms with Crippen LogP contribution in [0.1, 0.15) is 43.7 Å². The number of anilines is 1. The van der Waals surface area contributed by atoms with Crippen molar-refractivity contribution < 1.29 is 23.9 Å². The van der Waals surface area contributed by atoms with E-state index in [0.29, 0.717) is 12.1 Å². The first kappa shape index (κ1) is 20.8. The van der Waals surface area contributed by atoms with E-state index < -0.39 is 36.6 Å². The molecule has 2 fully saturated rings. The van der Waals surface area contributed by atoms with Gasteiger partial charge < -0.3 is 15.4 Å². The average molecular weight is 401 g/mol. The SMILES string of the molecule is Cc1cccc(C)c1NC(=O)COC(=O)CN1C(=O)N[C@@]2(CCCC[C@H]2C)C1=O. The third kappa shape index (κ3) is 4.11. The summed E-state index contributed by atoms with van der Waals surface area (Å²) < 4.78 is 4.99. The molecule has 2 atom stereocenters. The molecule has 1 heterocycles. The zero-order valence-corrected chi connectivity index (χ0v) is 17.0. The third-order valence-corrected chi connectivity index (χ3v) is 5.90. The quantitative estimate of drug-likeness (QED) is 0.582. The lowest BCUT2D eigenvalue weighted by Gasteiger charge is -2.36. The van der Waals surface area contributed by atoms with E-state index >= 15 is 0 Å². The first-order chi connectivity index (χ1) is 13.7. The van der Waals surface area contributed by atoms with E-state index in [9.17, 15) is 19.2 Å². The monoisotopic (exact) mass is 401 g/mol. The van der Waals surface area contributed by atoms with Crippen LogP contribution in [-0.2, 0) is 19.1 Å². The Kier molecular flexibility index (Phi) is 5.91. The number of hydrogen-bond donors (Lipinski definition) is 2. The van der Waals surface area contributed by atoms with Crippen molar-refractivity contribution in [2.24, 2.45) is 5.92 Å². The molecule has 2 N–H and O–H groups in total. The van der Waals surface area contributed by atoms with E-state index in [1.807, 2.05) is 39.0 Å². The fourth-order valence-corrected chi connectivity index (χ4v) is 4.15. The van der Waals surface area contributed by atoms with Crippen molar-refractivity contribution in [1.29, 1.82) is 0 Å². The van der Waals surface area contributed by atoms with Crippen LogP contribution in [0.5, 0.6) is 0 Å². The number of amides is 4. The predicted molar refractivity (Wildman–Crippen MR) is 106 cm³/mol. The molecule has 1 aromatic rings. The molecule has 3 rings (SSSR count). The van der Waals surface area contributed by atoms with Gasteiger partial charge in [-0.1, -0.05) is 38.0 Å². The van der Waals surface area contributed by atoms with Gasteiger partial charge in [-0.2, -0.15) is 0 Å². The van der Waals surface area contributed by atoms with Gasteiger partial charge >= 0.3 is 12.0 Å². The van der Waals surface area contributed by atoms with Gasteiger partial charge in [0, 0.05) is 5.69 Å². The second-order valence-electron chi connectivity index (χ2n) is 7.92. The lowest BCUT2D eigenvalue weighted by Crippen LogP contribution is -2.54. The molecule has 156 valence electrons. The highest BCUT2D eigenvalue weighted by Gasteiger charge is 2.55. The summed E-state index contributed by atoms with van der Waals surface area (Å²) in [5.41, 5.74) is 1.55. The molecule has 2 aliphatic rings. The first-order valence-corrected chi connectivity index (χ1v) is 9.90. The van der Waals surface area contributed by atoms with Gasteiger partial charge in [0.2, 0.25) is 0 Å². The van der Waals surface area contributed by atoms with E-state index in [0.717, 1.165) is 35.3 Å². The highest BCUT2D eigenvalue weighted by molar-refractivity contribution is 6.09. The lowest BCUT2D eigenvalue weighted by atomic mass is 9.73. The number of benzene rings is 1. The fraction of sp³-hybridized carbons (Fsp3) is 0.524. The van der Waals surface area contributed by atoms with Crippen LogP contribution in [0.3, 0.4) is 0 Å². The summed E-state index contributed by atoms with van der Waals surface area (Å²) in [5, 5.41) is 5.51. The number of aryl methyl sites for hydroxylation is 2. The number of rotatable bonds is 5. The summed E-state index contributed by atoms with van der Waals surface area (Å²) >= 11 is 0. The van der Waals surface area contributed by atoms with E-state index in [-0.39, 0.29) is 11.8 Å². The summed E-state index contributed by atoms with van der Waals surface area (Å²) in [5.74, 6) is -1.65. The van der Waals surface area contributed by atoms with E-state index in [1.54, 1.807) is 0 Å². The summed E-state index contributed by atoms with van der Waals surface area (Å²) in [4.78, 5) is 50.3. The molecule has 0 radical (unpaired) electrons. The average Bonchev–Trinajstić information content (AvgIpc) is 2.90. The highest BCUT2D eigenvalue weighted by Crippen LogP contribution is 2.38. The van der Waals surface area contributed by atoms with Crippen LogP contribution < -0.4 is 10.6 Å². The Bertz CT molecular complexity index is 832. The largest absolute Gasteiger partial charge is 0.454 e. The number of carbonyl (C=O) groups excluding carboxylic acids is 4. The van der Waals surface area contributed by atoms with Crippen LogP contribution in [0, 0.1) is 19.8 Å². The number of ether oxygens (including phenoxy) is 1. The Morgan fingerprint density at radius 3 is 2.59 bits per heavy atom. The number of esters is 1. The van der Waals surface area contributed by atoms with Crippen molar-refractivity contribution in [2.45, 2.75) is 52.0 Å². The first-order valence-electron chi connectivity index (χ1n) is 9.90. The molecular formula is C21H27N3O5. The van der Waals surface area contributed by atoms with Crippen molar-refractivity contribution in [3.8, 4) is 0 Å². The molecule has 0 aromatic heterocycles. The fourth-order valence-electron chi connectivity index (χ4n) is 4.15. The maximum atomic E-state index is 12.8. The van der Waals surface area contributed by atoms with Crippen LogP contribution >= 0.6 is 0 Å². The number of nitrogens with one attached hydrogen (secondary N) is 2. The zero-order valence-electron chi connectivity index (χ0n) is 17.0. The highest BCUT2D eigenvalue weighted by atomic mass is 16.5. The van der Waals surface area contributed by atoms with Gasteiger partial charge in [0.1, 0.15) is 12.1 Å². The molecular weight excluding hydrogens is 374 g/mol. The summed E-state index contributed by atoms with van der Waals surface area (Å²) in [6.07, 6.45) is 3.29. The number of imide groups is 1. The van der Waals surface area contributed by atoms with Crippen molar-refractivity contribution in [3.05, 3.63) is 29.3 Å². The molecule has 1 aromatic carbocycles. The molecule has 1 saturated heterocycles. The standard InChI is InChI=1S/C21H27N3O5/c1-13-7-6-8-14(2)18(13)22-16(25)12-29-17(26)11-24-19(27)21(23-20(24)28)10-5-4-9-15(21)3/h6-8,15H,4-5,9-12H2,1-3H3,(H,22,25)(H,23,28)/t15-,21-/m1/s1. The number of carbonyl (C=O) groups is 4. The lowest BCUT2D eigenvalue weighted by molar-refractivity contribution is -0.150. The summed E-state index contributed by atoms with van der Waals surface area (Å²) in [7, 11) is 0. The molecule has 4 amide bonds. The number of nitrogens with zero attached hydrogens (tertiary/aromatic N) is 1. The minimum atomic E-state index is -0.921. The van der Waals surface area contributed by atoms with Gasteiger partial charge in [-0.25, -0.2) is 4.79 Å². The maximum absolute atomic E-state index is 12.8. The molecule has 8 heteroatoms. The topological polar surface area (TPSA) is 105 Å². The Balaban J connectivity index is 1.55. The second kappa shape index (κ2) is 8.23. The number of urea groups is 1. The Morgan fingerprint density at radius 2 is 1.93 bits per heavy atom. The van der Waals surface area contributed by atoms with Gasteiger partial charge in [0.15, 0.2) is 6.61 Å². The second-order valence-corrected chi connectivity index (χ2v) is 7.92. The van der Waals surface area contributed by atoms with Crippen molar-refractivity contribution in [3.63, 3.8) is 0 Å².